The lowest BCUT2D eigenvalue weighted by Gasteiger charge is -2.43. The molecule has 140 valence electrons. The molecule has 1 saturated heterocycles. The summed E-state index contributed by atoms with van der Waals surface area (Å²) in [6, 6.07) is 21.1. The number of hydrogen-bond donors (Lipinski definition) is 1. The summed E-state index contributed by atoms with van der Waals surface area (Å²) in [5.41, 5.74) is 1.68. The fourth-order valence-electron chi connectivity index (χ4n) is 3.92. The quantitative estimate of drug-likeness (QED) is 0.742. The molecule has 1 aliphatic heterocycles. The molecule has 0 spiro atoms. The van der Waals surface area contributed by atoms with Crippen molar-refractivity contribution in [2.45, 2.75) is 45.4 Å². The van der Waals surface area contributed by atoms with Crippen molar-refractivity contribution in [3.63, 3.8) is 0 Å². The van der Waals surface area contributed by atoms with E-state index in [2.05, 4.69) is 71.3 Å². The first-order chi connectivity index (χ1) is 12.6. The molecule has 1 heterocycles. The van der Waals surface area contributed by atoms with Crippen molar-refractivity contribution in [1.82, 2.24) is 4.90 Å². The van der Waals surface area contributed by atoms with E-state index in [1.165, 1.54) is 24.9 Å². The second kappa shape index (κ2) is 8.70. The second-order valence-corrected chi connectivity index (χ2v) is 7.75. The number of hydrogen-bond acceptors (Lipinski definition) is 3. The summed E-state index contributed by atoms with van der Waals surface area (Å²) in [4.78, 5) is 4.76. The van der Waals surface area contributed by atoms with Crippen LogP contribution in [-0.4, -0.2) is 35.4 Å². The van der Waals surface area contributed by atoms with Crippen molar-refractivity contribution in [3.05, 3.63) is 66.2 Å². The summed E-state index contributed by atoms with van der Waals surface area (Å²) < 4.78 is 0. The molecular formula is C23H32N2O. The predicted octanol–water partition coefficient (Wildman–Crippen LogP) is 4.52. The highest BCUT2D eigenvalue weighted by molar-refractivity contribution is 5.48. The minimum Gasteiger partial charge on any atom is -0.371 e. The number of nitrogens with zero attached hydrogens (tertiary/aromatic N) is 2. The van der Waals surface area contributed by atoms with Crippen LogP contribution in [0.15, 0.2) is 60.7 Å². The van der Waals surface area contributed by atoms with Crippen molar-refractivity contribution >= 4 is 5.69 Å². The van der Waals surface area contributed by atoms with E-state index in [4.69, 9.17) is 0 Å². The van der Waals surface area contributed by atoms with Crippen molar-refractivity contribution in [3.8, 4) is 0 Å². The van der Waals surface area contributed by atoms with E-state index in [0.717, 1.165) is 25.3 Å². The molecule has 0 aliphatic carbocycles. The molecule has 0 amide bonds. The molecule has 3 rings (SSSR count). The van der Waals surface area contributed by atoms with E-state index in [0.29, 0.717) is 12.3 Å². The van der Waals surface area contributed by atoms with Crippen LogP contribution in [0.1, 0.15) is 38.7 Å². The van der Waals surface area contributed by atoms with Gasteiger partial charge in [-0.25, -0.2) is 0 Å². The number of piperidine rings is 1. The predicted molar refractivity (Wildman–Crippen MR) is 109 cm³/mol. The first-order valence-corrected chi connectivity index (χ1v) is 9.90. The van der Waals surface area contributed by atoms with Crippen LogP contribution in [-0.2, 0) is 6.54 Å². The van der Waals surface area contributed by atoms with Gasteiger partial charge in [-0.05, 0) is 56.3 Å². The number of para-hydroxylation sites is 1. The van der Waals surface area contributed by atoms with E-state index in [-0.39, 0.29) is 0 Å². The average Bonchev–Trinajstić information content (AvgIpc) is 2.68. The van der Waals surface area contributed by atoms with Crippen LogP contribution >= 0.6 is 0 Å². The monoisotopic (exact) mass is 352 g/mol. The van der Waals surface area contributed by atoms with Gasteiger partial charge >= 0.3 is 0 Å². The van der Waals surface area contributed by atoms with Crippen molar-refractivity contribution in [2.24, 2.45) is 5.92 Å². The van der Waals surface area contributed by atoms with Crippen LogP contribution in [0.2, 0.25) is 0 Å². The van der Waals surface area contributed by atoms with Gasteiger partial charge in [0.25, 0.3) is 0 Å². The molecule has 1 fully saturated rings. The van der Waals surface area contributed by atoms with Crippen molar-refractivity contribution in [2.75, 3.05) is 24.5 Å². The van der Waals surface area contributed by atoms with Gasteiger partial charge in [0.05, 0.1) is 0 Å². The molecule has 2 unspecified atom stereocenters. The second-order valence-electron chi connectivity index (χ2n) is 7.75. The lowest BCUT2D eigenvalue weighted by atomic mass is 9.95. The lowest BCUT2D eigenvalue weighted by molar-refractivity contribution is 0.0439. The normalized spacial score (nSPS) is 20.5. The van der Waals surface area contributed by atoms with Crippen molar-refractivity contribution in [1.29, 1.82) is 0 Å². The van der Waals surface area contributed by atoms with Crippen LogP contribution in [0.4, 0.5) is 5.69 Å². The molecule has 0 saturated carbocycles. The fourth-order valence-corrected chi connectivity index (χ4v) is 3.92. The molecule has 3 heteroatoms. The largest absolute Gasteiger partial charge is 0.371 e. The van der Waals surface area contributed by atoms with Gasteiger partial charge in [-0.15, -0.1) is 0 Å². The third kappa shape index (κ3) is 4.87. The van der Waals surface area contributed by atoms with Gasteiger partial charge in [0.1, 0.15) is 5.72 Å². The van der Waals surface area contributed by atoms with E-state index < -0.39 is 5.72 Å². The molecule has 0 radical (unpaired) electrons. The first kappa shape index (κ1) is 18.9. The van der Waals surface area contributed by atoms with Gasteiger partial charge < -0.3 is 10.0 Å². The Morgan fingerprint density at radius 3 is 2.38 bits per heavy atom. The highest BCUT2D eigenvalue weighted by Crippen LogP contribution is 2.28. The maximum Gasteiger partial charge on any atom is 0.134 e. The van der Waals surface area contributed by atoms with E-state index >= 15 is 0 Å². The zero-order valence-corrected chi connectivity index (χ0v) is 16.1. The summed E-state index contributed by atoms with van der Waals surface area (Å²) in [5, 5.41) is 11.0. The molecule has 1 aliphatic rings. The molecular weight excluding hydrogens is 320 g/mol. The van der Waals surface area contributed by atoms with Crippen LogP contribution in [0, 0.1) is 5.92 Å². The fraction of sp³-hybridized carbons (Fsp3) is 0.478. The standard InChI is InChI=1S/C23H32N2O/c1-3-23(2,26)25(22-14-8-5-9-15-22)19-21-13-10-16-24(18-21)17-20-11-6-4-7-12-20/h4-9,11-12,14-15,21,26H,3,10,13,16-19H2,1-2H3. The molecule has 3 nitrogen and oxygen atoms in total. The summed E-state index contributed by atoms with van der Waals surface area (Å²) in [6.45, 7) is 8.17. The number of anilines is 1. The zero-order valence-electron chi connectivity index (χ0n) is 16.1. The summed E-state index contributed by atoms with van der Waals surface area (Å²) in [6.07, 6.45) is 3.17. The Balaban J connectivity index is 1.68. The van der Waals surface area contributed by atoms with Gasteiger partial charge in [-0.3, -0.25) is 4.90 Å². The lowest BCUT2D eigenvalue weighted by Crippen LogP contribution is -2.50. The maximum absolute atomic E-state index is 11.0. The van der Waals surface area contributed by atoms with Gasteiger partial charge in [0, 0.05) is 25.3 Å². The van der Waals surface area contributed by atoms with Gasteiger partial charge in [0.2, 0.25) is 0 Å². The van der Waals surface area contributed by atoms with E-state index in [9.17, 15) is 5.11 Å². The minimum absolute atomic E-state index is 0.575. The maximum atomic E-state index is 11.0. The zero-order chi connectivity index (χ0) is 18.4. The third-order valence-corrected chi connectivity index (χ3v) is 5.61. The summed E-state index contributed by atoms with van der Waals surface area (Å²) in [7, 11) is 0. The smallest absolute Gasteiger partial charge is 0.134 e. The van der Waals surface area contributed by atoms with Crippen LogP contribution in [0.3, 0.4) is 0 Å². The topological polar surface area (TPSA) is 26.7 Å². The average molecular weight is 353 g/mol. The van der Waals surface area contributed by atoms with Crippen LogP contribution < -0.4 is 4.90 Å². The number of rotatable bonds is 7. The number of aliphatic hydroxyl groups is 1. The molecule has 0 aromatic heterocycles. The Morgan fingerprint density at radius 2 is 1.73 bits per heavy atom. The Kier molecular flexibility index (Phi) is 6.33. The molecule has 26 heavy (non-hydrogen) atoms. The molecule has 2 aromatic rings. The van der Waals surface area contributed by atoms with Crippen LogP contribution in [0.5, 0.6) is 0 Å². The third-order valence-electron chi connectivity index (χ3n) is 5.61. The summed E-state index contributed by atoms with van der Waals surface area (Å²) in [5.74, 6) is 0.575. The molecule has 2 atom stereocenters. The molecule has 2 aromatic carbocycles. The van der Waals surface area contributed by atoms with Crippen molar-refractivity contribution < 1.29 is 5.11 Å². The van der Waals surface area contributed by atoms with Gasteiger partial charge in [0.15, 0.2) is 0 Å². The highest BCUT2D eigenvalue weighted by Gasteiger charge is 2.31. The SMILES string of the molecule is CCC(C)(O)N(CC1CCCN(Cc2ccccc2)C1)c1ccccc1. The van der Waals surface area contributed by atoms with Gasteiger partial charge in [-0.2, -0.15) is 0 Å². The number of benzene rings is 2. The molecule has 1 N–H and O–H groups in total. The Bertz CT molecular complexity index is 656. The van der Waals surface area contributed by atoms with E-state index in [1.807, 2.05) is 13.0 Å². The number of likely N-dealkylation sites (tertiary alicyclic amines) is 1. The first-order valence-electron chi connectivity index (χ1n) is 9.90. The van der Waals surface area contributed by atoms with Crippen LogP contribution in [0.25, 0.3) is 0 Å². The summed E-state index contributed by atoms with van der Waals surface area (Å²) >= 11 is 0. The highest BCUT2D eigenvalue weighted by atomic mass is 16.3. The Hall–Kier alpha value is -1.84. The van der Waals surface area contributed by atoms with E-state index in [1.54, 1.807) is 0 Å². The van der Waals surface area contributed by atoms with Gasteiger partial charge in [-0.1, -0.05) is 55.5 Å². The molecule has 0 bridgehead atoms. The Morgan fingerprint density at radius 1 is 1.08 bits per heavy atom. The Labute approximate surface area is 158 Å². The minimum atomic E-state index is -0.816.